The summed E-state index contributed by atoms with van der Waals surface area (Å²) in [7, 11) is 0. The maximum Gasteiger partial charge on any atom is 0.0872 e. The Morgan fingerprint density at radius 3 is 2.77 bits per heavy atom. The molecule has 3 fully saturated rings. The van der Waals surface area contributed by atoms with Crippen LogP contribution in [0.3, 0.4) is 0 Å². The van der Waals surface area contributed by atoms with Crippen molar-refractivity contribution in [2.75, 3.05) is 13.1 Å². The van der Waals surface area contributed by atoms with Gasteiger partial charge in [0.15, 0.2) is 0 Å². The minimum atomic E-state index is 0.310. The van der Waals surface area contributed by atoms with Crippen LogP contribution in [0.5, 0.6) is 0 Å². The largest absolute Gasteiger partial charge is 0.293 e. The third kappa shape index (κ3) is 0.804. The molecule has 1 saturated carbocycles. The summed E-state index contributed by atoms with van der Waals surface area (Å²) in [5, 5.41) is 0. The molecule has 13 heavy (non-hydrogen) atoms. The lowest BCUT2D eigenvalue weighted by Crippen LogP contribution is -2.40. The van der Waals surface area contributed by atoms with E-state index in [2.05, 4.69) is 11.8 Å². The van der Waals surface area contributed by atoms with Gasteiger partial charge in [-0.2, -0.15) is 0 Å². The Labute approximate surface area is 78.6 Å². The summed E-state index contributed by atoms with van der Waals surface area (Å²) in [6.45, 7) is 4.41. The molecule has 3 rings (SSSR count). The molecule has 0 amide bonds. The van der Waals surface area contributed by atoms with Gasteiger partial charge in [-0.3, -0.25) is 4.90 Å². The Hall–Kier alpha value is -0.370. The summed E-state index contributed by atoms with van der Waals surface area (Å²) in [6, 6.07) is 0. The Balaban J connectivity index is 1.96. The van der Waals surface area contributed by atoms with Gasteiger partial charge in [0.25, 0.3) is 0 Å². The monoisotopic (exact) mass is 181 g/mol. The number of hydrogen-bond acceptors (Lipinski definition) is 1. The summed E-state index contributed by atoms with van der Waals surface area (Å²) < 4.78 is 12.5. The van der Waals surface area contributed by atoms with Crippen molar-refractivity contribution in [3.8, 4) is 0 Å². The minimum Gasteiger partial charge on any atom is -0.293 e. The van der Waals surface area contributed by atoms with Crippen LogP contribution in [0.2, 0.25) is 0 Å². The van der Waals surface area contributed by atoms with E-state index in [-0.39, 0.29) is 0 Å². The number of halogens is 1. The van der Waals surface area contributed by atoms with E-state index in [1.165, 1.54) is 25.8 Å². The van der Waals surface area contributed by atoms with Crippen molar-refractivity contribution < 1.29 is 4.39 Å². The second kappa shape index (κ2) is 2.17. The molecule has 0 N–H and O–H groups in total. The standard InChI is InChI=1S/C11H16FN/c1-10-6-9(7-12)8-13(10)5-4-11(10)2-3-11/h7H,2-6,8H2,1H3/b9-7-. The molecule has 1 nitrogen and oxygen atoms in total. The number of fused-ring (bicyclic) bond motifs is 2. The molecule has 3 aliphatic rings. The zero-order valence-electron chi connectivity index (χ0n) is 8.15. The van der Waals surface area contributed by atoms with E-state index in [4.69, 9.17) is 0 Å². The average molecular weight is 181 g/mol. The van der Waals surface area contributed by atoms with Crippen molar-refractivity contribution >= 4 is 0 Å². The summed E-state index contributed by atoms with van der Waals surface area (Å²) in [5.74, 6) is 0. The summed E-state index contributed by atoms with van der Waals surface area (Å²) in [4.78, 5) is 2.49. The van der Waals surface area contributed by atoms with Crippen LogP contribution in [0.25, 0.3) is 0 Å². The van der Waals surface area contributed by atoms with Gasteiger partial charge in [-0.05, 0) is 50.1 Å². The molecule has 1 atom stereocenters. The number of nitrogens with zero attached hydrogens (tertiary/aromatic N) is 1. The fraction of sp³-hybridized carbons (Fsp3) is 0.818. The third-order valence-corrected chi connectivity index (χ3v) is 4.67. The molecule has 2 aliphatic heterocycles. The maximum absolute atomic E-state index is 12.5. The molecule has 1 unspecified atom stereocenters. The van der Waals surface area contributed by atoms with Gasteiger partial charge >= 0.3 is 0 Å². The van der Waals surface area contributed by atoms with Crippen molar-refractivity contribution in [2.45, 2.75) is 38.1 Å². The van der Waals surface area contributed by atoms with Gasteiger partial charge in [0, 0.05) is 12.1 Å². The Morgan fingerprint density at radius 1 is 1.38 bits per heavy atom. The predicted octanol–water partition coefficient (Wildman–Crippen LogP) is 2.49. The molecule has 0 bridgehead atoms. The fourth-order valence-corrected chi connectivity index (χ4v) is 3.51. The SMILES string of the molecule is CC12C/C(=C/F)CN1CCC21CC1. The lowest BCUT2D eigenvalue weighted by Gasteiger charge is -2.33. The highest BCUT2D eigenvalue weighted by Gasteiger charge is 2.64. The van der Waals surface area contributed by atoms with E-state index in [1.54, 1.807) is 0 Å². The molecule has 0 aromatic rings. The van der Waals surface area contributed by atoms with Crippen molar-refractivity contribution in [2.24, 2.45) is 5.41 Å². The highest BCUT2D eigenvalue weighted by Crippen LogP contribution is 2.66. The van der Waals surface area contributed by atoms with Crippen LogP contribution in [0.15, 0.2) is 11.9 Å². The Morgan fingerprint density at radius 2 is 2.15 bits per heavy atom. The van der Waals surface area contributed by atoms with Crippen LogP contribution in [-0.2, 0) is 0 Å². The highest BCUT2D eigenvalue weighted by molar-refractivity contribution is 5.27. The fourth-order valence-electron chi connectivity index (χ4n) is 3.51. The predicted molar refractivity (Wildman–Crippen MR) is 50.1 cm³/mol. The first kappa shape index (κ1) is 7.98. The summed E-state index contributed by atoms with van der Waals surface area (Å²) >= 11 is 0. The third-order valence-electron chi connectivity index (χ3n) is 4.67. The van der Waals surface area contributed by atoms with Gasteiger partial charge in [0.2, 0.25) is 0 Å². The number of rotatable bonds is 0. The van der Waals surface area contributed by atoms with Gasteiger partial charge in [-0.25, -0.2) is 4.39 Å². The van der Waals surface area contributed by atoms with Crippen LogP contribution in [0.1, 0.15) is 32.6 Å². The zero-order chi connectivity index (χ0) is 9.10. The maximum atomic E-state index is 12.5. The molecular formula is C11H16FN. The molecular weight excluding hydrogens is 165 g/mol. The van der Waals surface area contributed by atoms with E-state index in [0.29, 0.717) is 11.0 Å². The highest BCUT2D eigenvalue weighted by atomic mass is 19.1. The Kier molecular flexibility index (Phi) is 1.33. The van der Waals surface area contributed by atoms with Crippen LogP contribution in [-0.4, -0.2) is 23.5 Å². The quantitative estimate of drug-likeness (QED) is 0.555. The molecule has 0 radical (unpaired) electrons. The van der Waals surface area contributed by atoms with E-state index in [9.17, 15) is 4.39 Å². The van der Waals surface area contributed by atoms with Crippen LogP contribution >= 0.6 is 0 Å². The van der Waals surface area contributed by atoms with Gasteiger partial charge in [-0.1, -0.05) is 0 Å². The van der Waals surface area contributed by atoms with Crippen molar-refractivity contribution in [3.63, 3.8) is 0 Å². The smallest absolute Gasteiger partial charge is 0.0872 e. The number of hydrogen-bond donors (Lipinski definition) is 0. The molecule has 72 valence electrons. The van der Waals surface area contributed by atoms with E-state index >= 15 is 0 Å². The topological polar surface area (TPSA) is 3.24 Å². The minimum absolute atomic E-state index is 0.310. The molecule has 2 heterocycles. The van der Waals surface area contributed by atoms with E-state index in [0.717, 1.165) is 24.9 Å². The van der Waals surface area contributed by atoms with Gasteiger partial charge < -0.3 is 0 Å². The molecule has 1 aliphatic carbocycles. The van der Waals surface area contributed by atoms with Crippen LogP contribution in [0.4, 0.5) is 4.39 Å². The van der Waals surface area contributed by atoms with Crippen LogP contribution < -0.4 is 0 Å². The summed E-state index contributed by atoms with van der Waals surface area (Å²) in [6.07, 6.45) is 5.91. The molecule has 1 spiro atoms. The first-order valence-corrected chi connectivity index (χ1v) is 5.23. The average Bonchev–Trinajstić information content (AvgIpc) is 2.78. The lowest BCUT2D eigenvalue weighted by molar-refractivity contribution is 0.159. The van der Waals surface area contributed by atoms with Gasteiger partial charge in [0.05, 0.1) is 6.33 Å². The van der Waals surface area contributed by atoms with Crippen molar-refractivity contribution in [3.05, 3.63) is 11.9 Å². The van der Waals surface area contributed by atoms with Crippen LogP contribution in [0, 0.1) is 5.41 Å². The first-order valence-electron chi connectivity index (χ1n) is 5.23. The first-order chi connectivity index (χ1) is 6.20. The van der Waals surface area contributed by atoms with Gasteiger partial charge in [-0.15, -0.1) is 0 Å². The second-order valence-corrected chi connectivity index (χ2v) is 5.17. The van der Waals surface area contributed by atoms with E-state index in [1.807, 2.05) is 0 Å². The molecule has 2 heteroatoms. The van der Waals surface area contributed by atoms with Crippen molar-refractivity contribution in [1.29, 1.82) is 0 Å². The molecule has 0 aromatic carbocycles. The normalized spacial score (nSPS) is 44.6. The summed E-state index contributed by atoms with van der Waals surface area (Å²) in [5.41, 5.74) is 1.90. The van der Waals surface area contributed by atoms with E-state index < -0.39 is 0 Å². The molecule has 2 saturated heterocycles. The second-order valence-electron chi connectivity index (χ2n) is 5.17. The zero-order valence-corrected chi connectivity index (χ0v) is 8.15. The van der Waals surface area contributed by atoms with Crippen molar-refractivity contribution in [1.82, 2.24) is 4.90 Å². The lowest BCUT2D eigenvalue weighted by atomic mass is 9.81. The Bertz CT molecular complexity index is 280. The van der Waals surface area contributed by atoms with Gasteiger partial charge in [0.1, 0.15) is 0 Å². The molecule has 0 aromatic heterocycles.